The lowest BCUT2D eigenvalue weighted by molar-refractivity contribution is -0.0127. The van der Waals surface area contributed by atoms with Crippen LogP contribution in [0.4, 0.5) is 4.79 Å². The average molecular weight is 393 g/mol. The third-order valence-electron chi connectivity index (χ3n) is 7.67. The van der Waals surface area contributed by atoms with E-state index in [1.165, 1.54) is 44.9 Å². The molecule has 0 bridgehead atoms. The van der Waals surface area contributed by atoms with E-state index < -0.39 is 0 Å². The Morgan fingerprint density at radius 2 is 1.93 bits per heavy atom. The van der Waals surface area contributed by atoms with Crippen molar-refractivity contribution >= 4 is 6.09 Å². The lowest BCUT2D eigenvalue weighted by Crippen LogP contribution is -2.53. The summed E-state index contributed by atoms with van der Waals surface area (Å²) in [5, 5.41) is 3.52. The van der Waals surface area contributed by atoms with Crippen LogP contribution in [0.25, 0.3) is 0 Å². The standard InChI is InChI=1S/C22H40N4O2/c1-24(19-7-3-2-4-8-19)13-6-14-26-18-22(28-21(26)27)10-15-25(16-11-22)20-9-5-12-23-17-20/h19-20,23H,2-18H2,1H3. The van der Waals surface area contributed by atoms with Crippen LogP contribution in [-0.4, -0.2) is 91.3 Å². The molecule has 1 saturated carbocycles. The first kappa shape index (κ1) is 20.4. The van der Waals surface area contributed by atoms with Gasteiger partial charge in [-0.2, -0.15) is 0 Å². The Bertz CT molecular complexity index is 509. The molecule has 1 aliphatic carbocycles. The quantitative estimate of drug-likeness (QED) is 0.753. The number of nitrogens with one attached hydrogen (secondary N) is 1. The van der Waals surface area contributed by atoms with Gasteiger partial charge < -0.3 is 19.9 Å². The number of nitrogens with zero attached hydrogens (tertiary/aromatic N) is 3. The van der Waals surface area contributed by atoms with Crippen LogP contribution in [0, 0.1) is 0 Å². The molecule has 0 radical (unpaired) electrons. The molecule has 4 aliphatic rings. The number of rotatable bonds is 6. The summed E-state index contributed by atoms with van der Waals surface area (Å²) in [6, 6.07) is 1.43. The molecule has 6 heteroatoms. The molecule has 4 fully saturated rings. The predicted molar refractivity (Wildman–Crippen MR) is 112 cm³/mol. The van der Waals surface area contributed by atoms with Gasteiger partial charge in [0.1, 0.15) is 5.60 Å². The molecule has 0 aromatic carbocycles. The number of hydrogen-bond donors (Lipinski definition) is 1. The maximum atomic E-state index is 12.5. The Kier molecular flexibility index (Phi) is 6.79. The first-order valence-electron chi connectivity index (χ1n) is 11.8. The van der Waals surface area contributed by atoms with Crippen molar-refractivity contribution in [3.63, 3.8) is 0 Å². The molecule has 6 nitrogen and oxygen atoms in total. The van der Waals surface area contributed by atoms with Crippen molar-refractivity contribution in [3.05, 3.63) is 0 Å². The van der Waals surface area contributed by atoms with Crippen molar-refractivity contribution < 1.29 is 9.53 Å². The van der Waals surface area contributed by atoms with E-state index in [2.05, 4.69) is 22.2 Å². The minimum Gasteiger partial charge on any atom is -0.441 e. The van der Waals surface area contributed by atoms with Crippen LogP contribution in [-0.2, 0) is 4.74 Å². The van der Waals surface area contributed by atoms with Crippen LogP contribution in [0.3, 0.4) is 0 Å². The Morgan fingerprint density at radius 3 is 2.64 bits per heavy atom. The van der Waals surface area contributed by atoms with E-state index >= 15 is 0 Å². The van der Waals surface area contributed by atoms with Gasteiger partial charge in [0, 0.05) is 51.1 Å². The summed E-state index contributed by atoms with van der Waals surface area (Å²) >= 11 is 0. The average Bonchev–Trinajstić information content (AvgIpc) is 3.04. The van der Waals surface area contributed by atoms with Gasteiger partial charge in [0.2, 0.25) is 0 Å². The molecular weight excluding hydrogens is 352 g/mol. The van der Waals surface area contributed by atoms with Gasteiger partial charge in [-0.05, 0) is 52.2 Å². The lowest BCUT2D eigenvalue weighted by atomic mass is 9.89. The van der Waals surface area contributed by atoms with Crippen LogP contribution < -0.4 is 5.32 Å². The zero-order valence-corrected chi connectivity index (χ0v) is 17.8. The van der Waals surface area contributed by atoms with E-state index in [4.69, 9.17) is 4.74 Å². The van der Waals surface area contributed by atoms with E-state index in [1.54, 1.807) is 0 Å². The highest BCUT2D eigenvalue weighted by Crippen LogP contribution is 2.34. The molecule has 0 aromatic rings. The van der Waals surface area contributed by atoms with Crippen molar-refractivity contribution in [1.29, 1.82) is 0 Å². The topological polar surface area (TPSA) is 48.0 Å². The normalized spacial score (nSPS) is 29.6. The van der Waals surface area contributed by atoms with E-state index in [-0.39, 0.29) is 11.7 Å². The van der Waals surface area contributed by atoms with Gasteiger partial charge in [-0.1, -0.05) is 19.3 Å². The van der Waals surface area contributed by atoms with Crippen LogP contribution in [0.15, 0.2) is 0 Å². The molecule has 1 amide bonds. The van der Waals surface area contributed by atoms with E-state index in [9.17, 15) is 4.79 Å². The fourth-order valence-corrected chi connectivity index (χ4v) is 5.78. The number of amides is 1. The zero-order chi connectivity index (χ0) is 19.4. The van der Waals surface area contributed by atoms with Crippen molar-refractivity contribution in [3.8, 4) is 0 Å². The zero-order valence-electron chi connectivity index (χ0n) is 17.8. The second-order valence-corrected chi connectivity index (χ2v) is 9.63. The molecule has 160 valence electrons. The van der Waals surface area contributed by atoms with Crippen LogP contribution in [0.5, 0.6) is 0 Å². The van der Waals surface area contributed by atoms with Gasteiger partial charge in [0.15, 0.2) is 0 Å². The number of ether oxygens (including phenoxy) is 1. The molecule has 4 rings (SSSR count). The van der Waals surface area contributed by atoms with Gasteiger partial charge in [0.25, 0.3) is 0 Å². The summed E-state index contributed by atoms with van der Waals surface area (Å²) in [5.74, 6) is 0. The minimum absolute atomic E-state index is 0.0758. The van der Waals surface area contributed by atoms with Gasteiger partial charge in [-0.15, -0.1) is 0 Å². The molecule has 3 saturated heterocycles. The molecule has 3 heterocycles. The highest BCUT2D eigenvalue weighted by atomic mass is 16.6. The monoisotopic (exact) mass is 392 g/mol. The third-order valence-corrected chi connectivity index (χ3v) is 7.67. The van der Waals surface area contributed by atoms with Gasteiger partial charge in [-0.3, -0.25) is 4.90 Å². The van der Waals surface area contributed by atoms with Crippen molar-refractivity contribution in [2.75, 3.05) is 52.9 Å². The summed E-state index contributed by atoms with van der Waals surface area (Å²) in [7, 11) is 2.26. The fourth-order valence-electron chi connectivity index (χ4n) is 5.78. The fraction of sp³-hybridized carbons (Fsp3) is 0.955. The molecule has 1 spiro atoms. The maximum Gasteiger partial charge on any atom is 0.410 e. The second kappa shape index (κ2) is 9.31. The molecule has 1 atom stereocenters. The summed E-state index contributed by atoms with van der Waals surface area (Å²) in [6.07, 6.45) is 12.4. The Morgan fingerprint density at radius 1 is 1.14 bits per heavy atom. The Balaban J connectivity index is 1.19. The summed E-state index contributed by atoms with van der Waals surface area (Å²) < 4.78 is 5.94. The molecule has 3 aliphatic heterocycles. The van der Waals surface area contributed by atoms with Crippen LogP contribution in [0.2, 0.25) is 0 Å². The predicted octanol–water partition coefficient (Wildman–Crippen LogP) is 2.68. The third kappa shape index (κ3) is 4.82. The number of carbonyl (C=O) groups excluding carboxylic acids is 1. The van der Waals surface area contributed by atoms with Crippen LogP contribution in [0.1, 0.15) is 64.2 Å². The molecule has 1 N–H and O–H groups in total. The SMILES string of the molecule is CN(CCCN1CC2(CCN(C3CCCNC3)CC2)OC1=O)C1CCCCC1. The Hall–Kier alpha value is -0.850. The van der Waals surface area contributed by atoms with Gasteiger partial charge in [-0.25, -0.2) is 4.79 Å². The van der Waals surface area contributed by atoms with Crippen molar-refractivity contribution in [2.45, 2.75) is 81.9 Å². The van der Waals surface area contributed by atoms with E-state index in [0.29, 0.717) is 6.04 Å². The first-order valence-corrected chi connectivity index (χ1v) is 11.8. The largest absolute Gasteiger partial charge is 0.441 e. The van der Waals surface area contributed by atoms with Gasteiger partial charge in [0.05, 0.1) is 6.54 Å². The Labute approximate surface area is 170 Å². The van der Waals surface area contributed by atoms with Crippen molar-refractivity contribution in [1.82, 2.24) is 20.0 Å². The van der Waals surface area contributed by atoms with E-state index in [0.717, 1.165) is 71.1 Å². The molecular formula is C22H40N4O2. The van der Waals surface area contributed by atoms with Crippen LogP contribution >= 0.6 is 0 Å². The lowest BCUT2D eigenvalue weighted by Gasteiger charge is -2.42. The highest BCUT2D eigenvalue weighted by molar-refractivity contribution is 5.70. The highest BCUT2D eigenvalue weighted by Gasteiger charge is 2.47. The molecule has 28 heavy (non-hydrogen) atoms. The molecule has 1 unspecified atom stereocenters. The summed E-state index contributed by atoms with van der Waals surface area (Å²) in [4.78, 5) is 19.6. The smallest absolute Gasteiger partial charge is 0.410 e. The van der Waals surface area contributed by atoms with Gasteiger partial charge >= 0.3 is 6.09 Å². The maximum absolute atomic E-state index is 12.5. The molecule has 0 aromatic heterocycles. The number of carbonyl (C=O) groups is 1. The first-order chi connectivity index (χ1) is 13.7. The number of piperidine rings is 2. The summed E-state index contributed by atoms with van der Waals surface area (Å²) in [6.45, 7) is 7.15. The number of hydrogen-bond acceptors (Lipinski definition) is 5. The second-order valence-electron chi connectivity index (χ2n) is 9.63. The van der Waals surface area contributed by atoms with Crippen molar-refractivity contribution in [2.24, 2.45) is 0 Å². The van der Waals surface area contributed by atoms with E-state index in [1.807, 2.05) is 4.90 Å². The number of likely N-dealkylation sites (tertiary alicyclic amines) is 1. The minimum atomic E-state index is -0.217. The summed E-state index contributed by atoms with van der Waals surface area (Å²) in [5.41, 5.74) is -0.217.